The summed E-state index contributed by atoms with van der Waals surface area (Å²) >= 11 is 0. The molecule has 0 aliphatic carbocycles. The number of carboxylic acids is 1. The second-order valence-electron chi connectivity index (χ2n) is 4.72. The summed E-state index contributed by atoms with van der Waals surface area (Å²) in [7, 11) is 4.70. The Labute approximate surface area is 116 Å². The van der Waals surface area contributed by atoms with Crippen LogP contribution in [0.4, 0.5) is 5.69 Å². The molecule has 1 atom stereocenters. The molecule has 1 aromatic rings. The van der Waals surface area contributed by atoms with Crippen molar-refractivity contribution in [2.75, 3.05) is 26.2 Å². The summed E-state index contributed by atoms with van der Waals surface area (Å²) in [4.78, 5) is 24.5. The van der Waals surface area contributed by atoms with E-state index >= 15 is 0 Å². The maximum absolute atomic E-state index is 12.0. The van der Waals surface area contributed by atoms with Crippen molar-refractivity contribution in [3.8, 4) is 11.5 Å². The smallest absolute Gasteiger partial charge is 0.303 e. The van der Waals surface area contributed by atoms with Gasteiger partial charge in [-0.05, 0) is 11.6 Å². The minimum atomic E-state index is -0.930. The Morgan fingerprint density at radius 2 is 2.10 bits per heavy atom. The van der Waals surface area contributed by atoms with Crippen LogP contribution < -0.4 is 14.4 Å². The Morgan fingerprint density at radius 3 is 2.65 bits per heavy atom. The zero-order valence-electron chi connectivity index (χ0n) is 11.7. The minimum absolute atomic E-state index is 0.0943. The molecular formula is C14H17NO5. The van der Waals surface area contributed by atoms with Gasteiger partial charge >= 0.3 is 5.97 Å². The first-order valence-corrected chi connectivity index (χ1v) is 6.22. The quantitative estimate of drug-likeness (QED) is 0.906. The molecule has 1 aliphatic rings. The number of carboxylic acid groups (broad SMARTS) is 1. The fourth-order valence-corrected chi connectivity index (χ4v) is 2.52. The van der Waals surface area contributed by atoms with Gasteiger partial charge in [0.25, 0.3) is 0 Å². The van der Waals surface area contributed by atoms with Gasteiger partial charge in [-0.2, -0.15) is 0 Å². The second-order valence-corrected chi connectivity index (χ2v) is 4.72. The molecule has 1 amide bonds. The van der Waals surface area contributed by atoms with Gasteiger partial charge in [-0.3, -0.25) is 9.59 Å². The van der Waals surface area contributed by atoms with Crippen molar-refractivity contribution in [3.05, 3.63) is 17.7 Å². The van der Waals surface area contributed by atoms with Gasteiger partial charge < -0.3 is 19.5 Å². The van der Waals surface area contributed by atoms with Crippen LogP contribution in [0.2, 0.25) is 0 Å². The van der Waals surface area contributed by atoms with E-state index in [-0.39, 0.29) is 24.7 Å². The zero-order valence-corrected chi connectivity index (χ0v) is 11.7. The number of fused-ring (bicyclic) bond motifs is 1. The molecule has 1 N–H and O–H groups in total. The monoisotopic (exact) mass is 279 g/mol. The lowest BCUT2D eigenvalue weighted by Gasteiger charge is -2.32. The number of anilines is 1. The number of amides is 1. The molecule has 6 nitrogen and oxygen atoms in total. The van der Waals surface area contributed by atoms with Crippen LogP contribution in [0.15, 0.2) is 12.1 Å². The normalized spacial score (nSPS) is 17.6. The van der Waals surface area contributed by atoms with E-state index in [0.717, 1.165) is 5.56 Å². The van der Waals surface area contributed by atoms with Crippen LogP contribution in [-0.4, -0.2) is 38.3 Å². The Morgan fingerprint density at radius 1 is 1.40 bits per heavy atom. The molecule has 1 unspecified atom stereocenters. The predicted molar refractivity (Wildman–Crippen MR) is 72.6 cm³/mol. The summed E-state index contributed by atoms with van der Waals surface area (Å²) in [6.45, 7) is 0. The first-order chi connectivity index (χ1) is 9.47. The summed E-state index contributed by atoms with van der Waals surface area (Å²) in [5.41, 5.74) is 1.39. The maximum Gasteiger partial charge on any atom is 0.303 e. The number of ether oxygens (including phenoxy) is 2. The molecule has 0 bridgehead atoms. The summed E-state index contributed by atoms with van der Waals surface area (Å²) < 4.78 is 10.5. The van der Waals surface area contributed by atoms with E-state index in [9.17, 15) is 9.59 Å². The Bertz CT molecular complexity index is 555. The first kappa shape index (κ1) is 14.2. The van der Waals surface area contributed by atoms with Gasteiger partial charge in [-0.1, -0.05) is 0 Å². The number of benzene rings is 1. The molecule has 1 aliphatic heterocycles. The predicted octanol–water partition coefficient (Wildman–Crippen LogP) is 1.63. The molecule has 108 valence electrons. The van der Waals surface area contributed by atoms with Crippen molar-refractivity contribution < 1.29 is 24.2 Å². The number of carbonyl (C=O) groups is 2. The third-order valence-electron chi connectivity index (χ3n) is 3.52. The molecule has 2 rings (SSSR count). The van der Waals surface area contributed by atoms with Crippen LogP contribution in [0.1, 0.15) is 24.3 Å². The number of aliphatic carboxylic acids is 1. The highest BCUT2D eigenvalue weighted by Crippen LogP contribution is 2.45. The third-order valence-corrected chi connectivity index (χ3v) is 3.52. The number of methoxy groups -OCH3 is 2. The molecule has 0 fully saturated rings. The molecule has 0 saturated carbocycles. The fourth-order valence-electron chi connectivity index (χ4n) is 2.52. The third kappa shape index (κ3) is 2.41. The van der Waals surface area contributed by atoms with Crippen LogP contribution in [0.3, 0.4) is 0 Å². The van der Waals surface area contributed by atoms with Crippen LogP contribution in [0, 0.1) is 0 Å². The molecule has 6 heteroatoms. The molecule has 0 spiro atoms. The van der Waals surface area contributed by atoms with Crippen molar-refractivity contribution in [3.63, 3.8) is 0 Å². The average molecular weight is 279 g/mol. The van der Waals surface area contributed by atoms with Crippen LogP contribution in [0.25, 0.3) is 0 Å². The number of nitrogens with zero attached hydrogens (tertiary/aromatic N) is 1. The van der Waals surface area contributed by atoms with Gasteiger partial charge in [-0.25, -0.2) is 0 Å². The van der Waals surface area contributed by atoms with Gasteiger partial charge in [0.15, 0.2) is 0 Å². The van der Waals surface area contributed by atoms with E-state index in [1.165, 1.54) is 19.1 Å². The summed E-state index contributed by atoms with van der Waals surface area (Å²) in [6, 6.07) is 3.46. The average Bonchev–Trinajstić information content (AvgIpc) is 2.42. The number of hydrogen-bond acceptors (Lipinski definition) is 4. The van der Waals surface area contributed by atoms with Crippen molar-refractivity contribution in [1.82, 2.24) is 0 Å². The van der Waals surface area contributed by atoms with E-state index < -0.39 is 5.97 Å². The zero-order chi connectivity index (χ0) is 14.9. The highest BCUT2D eigenvalue weighted by molar-refractivity contribution is 5.99. The van der Waals surface area contributed by atoms with Gasteiger partial charge in [0, 0.05) is 25.5 Å². The first-order valence-electron chi connectivity index (χ1n) is 6.22. The van der Waals surface area contributed by atoms with E-state index in [1.807, 2.05) is 0 Å². The van der Waals surface area contributed by atoms with Crippen molar-refractivity contribution in [2.24, 2.45) is 0 Å². The molecule has 0 aromatic heterocycles. The molecule has 0 saturated heterocycles. The summed E-state index contributed by atoms with van der Waals surface area (Å²) in [6.07, 6.45) is 0.0784. The lowest BCUT2D eigenvalue weighted by Crippen LogP contribution is -2.34. The van der Waals surface area contributed by atoms with Crippen molar-refractivity contribution in [2.45, 2.75) is 18.8 Å². The second kappa shape index (κ2) is 5.40. The largest absolute Gasteiger partial charge is 0.497 e. The van der Waals surface area contributed by atoms with Gasteiger partial charge in [0.1, 0.15) is 11.5 Å². The van der Waals surface area contributed by atoms with Crippen LogP contribution >= 0.6 is 0 Å². The standard InChI is InChI=1S/C14H17NO5/c1-15-12(16)4-8(5-13(17)18)10-6-9(19-2)7-11(20-3)14(10)15/h6-8H,4-5H2,1-3H3,(H,17,18). The molecule has 1 heterocycles. The van der Waals surface area contributed by atoms with E-state index in [1.54, 1.807) is 19.2 Å². The summed E-state index contributed by atoms with van der Waals surface area (Å²) in [5, 5.41) is 9.01. The van der Waals surface area contributed by atoms with Crippen LogP contribution in [0.5, 0.6) is 11.5 Å². The Hall–Kier alpha value is -2.24. The van der Waals surface area contributed by atoms with E-state index in [4.69, 9.17) is 14.6 Å². The molecule has 1 aromatic carbocycles. The highest BCUT2D eigenvalue weighted by atomic mass is 16.5. The van der Waals surface area contributed by atoms with Gasteiger partial charge in [-0.15, -0.1) is 0 Å². The van der Waals surface area contributed by atoms with Gasteiger partial charge in [0.05, 0.1) is 26.3 Å². The lowest BCUT2D eigenvalue weighted by atomic mass is 9.86. The van der Waals surface area contributed by atoms with Crippen LogP contribution in [-0.2, 0) is 9.59 Å². The molecule has 0 radical (unpaired) electrons. The number of rotatable bonds is 4. The van der Waals surface area contributed by atoms with Crippen molar-refractivity contribution in [1.29, 1.82) is 0 Å². The Balaban J connectivity index is 2.59. The lowest BCUT2D eigenvalue weighted by molar-refractivity contribution is -0.137. The van der Waals surface area contributed by atoms with E-state index in [0.29, 0.717) is 17.2 Å². The fraction of sp³-hybridized carbons (Fsp3) is 0.429. The van der Waals surface area contributed by atoms with E-state index in [2.05, 4.69) is 0 Å². The number of carbonyl (C=O) groups excluding carboxylic acids is 1. The SMILES string of the molecule is COc1cc(OC)c2c(c1)C(CC(=O)O)CC(=O)N2C. The van der Waals surface area contributed by atoms with Gasteiger partial charge in [0.2, 0.25) is 5.91 Å². The minimum Gasteiger partial charge on any atom is -0.497 e. The number of hydrogen-bond donors (Lipinski definition) is 1. The molecular weight excluding hydrogens is 262 g/mol. The summed E-state index contributed by atoms with van der Waals surface area (Å²) in [5.74, 6) is -0.327. The topological polar surface area (TPSA) is 76.1 Å². The Kier molecular flexibility index (Phi) is 3.83. The highest BCUT2D eigenvalue weighted by Gasteiger charge is 2.33. The van der Waals surface area contributed by atoms with Crippen molar-refractivity contribution >= 4 is 17.6 Å². The maximum atomic E-state index is 12.0. The molecule has 20 heavy (non-hydrogen) atoms.